The monoisotopic (exact) mass is 302 g/mol. The summed E-state index contributed by atoms with van der Waals surface area (Å²) in [4.78, 5) is 0. The van der Waals surface area contributed by atoms with Crippen molar-refractivity contribution >= 4 is 21.6 Å². The molecule has 1 aromatic carbocycles. The van der Waals surface area contributed by atoms with Crippen molar-refractivity contribution in [3.8, 4) is 0 Å². The predicted molar refractivity (Wildman–Crippen MR) is 77.7 cm³/mol. The molecule has 1 heterocycles. The lowest BCUT2D eigenvalue weighted by Gasteiger charge is -2.27. The molecule has 0 amide bonds. The SMILES string of the molecule is CN(Cc1ccccc1Cl)S(=O)(=O)C1CCCNC1. The van der Waals surface area contributed by atoms with Crippen LogP contribution in [0.3, 0.4) is 0 Å². The van der Waals surface area contributed by atoms with Gasteiger partial charge >= 0.3 is 0 Å². The lowest BCUT2D eigenvalue weighted by Crippen LogP contribution is -2.44. The summed E-state index contributed by atoms with van der Waals surface area (Å²) in [6.07, 6.45) is 1.63. The maximum Gasteiger partial charge on any atom is 0.218 e. The average Bonchev–Trinajstić information content (AvgIpc) is 2.42. The van der Waals surface area contributed by atoms with Gasteiger partial charge in [-0.1, -0.05) is 29.8 Å². The van der Waals surface area contributed by atoms with Crippen molar-refractivity contribution < 1.29 is 8.42 Å². The predicted octanol–water partition coefficient (Wildman–Crippen LogP) is 1.85. The molecule has 0 aliphatic carbocycles. The molecule has 1 aliphatic heterocycles. The standard InChI is InChI=1S/C13H19ClN2O2S/c1-16(10-11-5-2-3-7-13(11)14)19(17,18)12-6-4-8-15-9-12/h2-3,5,7,12,15H,4,6,8-10H2,1H3. The molecule has 4 nitrogen and oxygen atoms in total. The number of piperidine rings is 1. The summed E-state index contributed by atoms with van der Waals surface area (Å²) in [7, 11) is -1.65. The average molecular weight is 303 g/mol. The summed E-state index contributed by atoms with van der Waals surface area (Å²) in [6.45, 7) is 1.76. The van der Waals surface area contributed by atoms with Gasteiger partial charge in [-0.2, -0.15) is 0 Å². The van der Waals surface area contributed by atoms with Gasteiger partial charge in [0, 0.05) is 25.2 Å². The van der Waals surface area contributed by atoms with Gasteiger partial charge in [0.15, 0.2) is 0 Å². The number of rotatable bonds is 4. The van der Waals surface area contributed by atoms with Gasteiger partial charge in [0.1, 0.15) is 0 Å². The summed E-state index contributed by atoms with van der Waals surface area (Å²) in [5.41, 5.74) is 0.832. The largest absolute Gasteiger partial charge is 0.315 e. The lowest BCUT2D eigenvalue weighted by atomic mass is 10.2. The highest BCUT2D eigenvalue weighted by molar-refractivity contribution is 7.89. The number of sulfonamides is 1. The highest BCUT2D eigenvalue weighted by Gasteiger charge is 2.31. The second-order valence-electron chi connectivity index (χ2n) is 4.86. The van der Waals surface area contributed by atoms with E-state index in [0.29, 0.717) is 18.1 Å². The summed E-state index contributed by atoms with van der Waals surface area (Å²) >= 11 is 6.07. The molecule has 1 aliphatic rings. The second-order valence-corrected chi connectivity index (χ2v) is 7.59. The van der Waals surface area contributed by atoms with Crippen molar-refractivity contribution in [2.24, 2.45) is 0 Å². The molecule has 1 unspecified atom stereocenters. The van der Waals surface area contributed by atoms with Crippen LogP contribution in [-0.4, -0.2) is 38.1 Å². The van der Waals surface area contributed by atoms with E-state index in [0.717, 1.165) is 24.9 Å². The Morgan fingerprint density at radius 1 is 1.42 bits per heavy atom. The minimum atomic E-state index is -3.26. The number of nitrogens with one attached hydrogen (secondary N) is 1. The summed E-state index contributed by atoms with van der Waals surface area (Å²) in [5, 5.41) is 3.42. The van der Waals surface area contributed by atoms with Crippen LogP contribution in [0.1, 0.15) is 18.4 Å². The topological polar surface area (TPSA) is 49.4 Å². The van der Waals surface area contributed by atoms with E-state index in [1.165, 1.54) is 4.31 Å². The summed E-state index contributed by atoms with van der Waals surface area (Å²) in [6, 6.07) is 7.34. The van der Waals surface area contributed by atoms with Gasteiger partial charge in [-0.3, -0.25) is 0 Å². The van der Waals surface area contributed by atoms with Crippen LogP contribution >= 0.6 is 11.6 Å². The minimum absolute atomic E-state index is 0.318. The summed E-state index contributed by atoms with van der Waals surface area (Å²) in [5.74, 6) is 0. The Hall–Kier alpha value is -0.620. The first-order chi connectivity index (χ1) is 9.01. The van der Waals surface area contributed by atoms with Crippen molar-refractivity contribution in [3.05, 3.63) is 34.9 Å². The normalized spacial score (nSPS) is 20.7. The van der Waals surface area contributed by atoms with Crippen LogP contribution < -0.4 is 5.32 Å². The number of hydrogen-bond acceptors (Lipinski definition) is 3. The molecule has 0 radical (unpaired) electrons. The Bertz CT molecular complexity index is 527. The Labute approximate surface area is 119 Å². The van der Waals surface area contributed by atoms with Gasteiger partial charge < -0.3 is 5.32 Å². The molecular weight excluding hydrogens is 284 g/mol. The fourth-order valence-electron chi connectivity index (χ4n) is 2.29. The van der Waals surface area contributed by atoms with E-state index in [1.54, 1.807) is 13.1 Å². The lowest BCUT2D eigenvalue weighted by molar-refractivity contribution is 0.429. The molecule has 0 bridgehead atoms. The Balaban J connectivity index is 2.10. The molecule has 6 heteroatoms. The highest BCUT2D eigenvalue weighted by atomic mass is 35.5. The molecule has 1 N–H and O–H groups in total. The Morgan fingerprint density at radius 3 is 2.79 bits per heavy atom. The number of hydrogen-bond donors (Lipinski definition) is 1. The molecule has 19 heavy (non-hydrogen) atoms. The van der Waals surface area contributed by atoms with E-state index >= 15 is 0 Å². The molecule has 0 aromatic heterocycles. The molecule has 0 saturated carbocycles. The van der Waals surface area contributed by atoms with Crippen molar-refractivity contribution in [2.45, 2.75) is 24.6 Å². The maximum absolute atomic E-state index is 12.4. The highest BCUT2D eigenvalue weighted by Crippen LogP contribution is 2.21. The van der Waals surface area contributed by atoms with E-state index < -0.39 is 10.0 Å². The van der Waals surface area contributed by atoms with E-state index in [1.807, 2.05) is 18.2 Å². The second kappa shape index (κ2) is 6.22. The van der Waals surface area contributed by atoms with E-state index in [4.69, 9.17) is 11.6 Å². The van der Waals surface area contributed by atoms with Crippen LogP contribution in [0.25, 0.3) is 0 Å². The van der Waals surface area contributed by atoms with Crippen molar-refractivity contribution in [2.75, 3.05) is 20.1 Å². The fraction of sp³-hybridized carbons (Fsp3) is 0.538. The van der Waals surface area contributed by atoms with Crippen LogP contribution in [0.5, 0.6) is 0 Å². The molecule has 1 fully saturated rings. The third kappa shape index (κ3) is 3.48. The maximum atomic E-state index is 12.4. The Kier molecular flexibility index (Phi) is 4.84. The van der Waals surface area contributed by atoms with Crippen molar-refractivity contribution in [3.63, 3.8) is 0 Å². The molecule has 1 aromatic rings. The smallest absolute Gasteiger partial charge is 0.218 e. The molecule has 106 valence electrons. The molecule has 2 rings (SSSR count). The van der Waals surface area contributed by atoms with Gasteiger partial charge in [-0.25, -0.2) is 12.7 Å². The van der Waals surface area contributed by atoms with E-state index in [-0.39, 0.29) is 5.25 Å². The fourth-order valence-corrected chi connectivity index (χ4v) is 4.10. The first kappa shape index (κ1) is 14.8. The summed E-state index contributed by atoms with van der Waals surface area (Å²) < 4.78 is 26.3. The van der Waals surface area contributed by atoms with Gasteiger partial charge in [-0.15, -0.1) is 0 Å². The zero-order valence-electron chi connectivity index (χ0n) is 11.0. The third-order valence-electron chi connectivity index (χ3n) is 3.46. The van der Waals surface area contributed by atoms with E-state index in [9.17, 15) is 8.42 Å². The van der Waals surface area contributed by atoms with Crippen molar-refractivity contribution in [1.29, 1.82) is 0 Å². The number of halogens is 1. The van der Waals surface area contributed by atoms with Gasteiger partial charge in [0.2, 0.25) is 10.0 Å². The van der Waals surface area contributed by atoms with Gasteiger partial charge in [0.25, 0.3) is 0 Å². The van der Waals surface area contributed by atoms with Crippen LogP contribution in [0.2, 0.25) is 5.02 Å². The van der Waals surface area contributed by atoms with Gasteiger partial charge in [-0.05, 0) is 31.0 Å². The number of nitrogens with zero attached hydrogens (tertiary/aromatic N) is 1. The molecule has 1 saturated heterocycles. The minimum Gasteiger partial charge on any atom is -0.315 e. The van der Waals surface area contributed by atoms with E-state index in [2.05, 4.69) is 5.32 Å². The number of benzene rings is 1. The quantitative estimate of drug-likeness (QED) is 0.923. The zero-order chi connectivity index (χ0) is 13.9. The molecule has 0 spiro atoms. The van der Waals surface area contributed by atoms with Crippen LogP contribution in [-0.2, 0) is 16.6 Å². The van der Waals surface area contributed by atoms with Crippen LogP contribution in [0.4, 0.5) is 0 Å². The first-order valence-electron chi connectivity index (χ1n) is 6.41. The third-order valence-corrected chi connectivity index (χ3v) is 6.07. The van der Waals surface area contributed by atoms with Gasteiger partial charge in [0.05, 0.1) is 5.25 Å². The Morgan fingerprint density at radius 2 is 2.16 bits per heavy atom. The van der Waals surface area contributed by atoms with Crippen LogP contribution in [0.15, 0.2) is 24.3 Å². The molecular formula is C13H19ClN2O2S. The first-order valence-corrected chi connectivity index (χ1v) is 8.29. The zero-order valence-corrected chi connectivity index (χ0v) is 12.5. The van der Waals surface area contributed by atoms with Crippen LogP contribution in [0, 0.1) is 0 Å². The molecule has 1 atom stereocenters. The van der Waals surface area contributed by atoms with Crippen molar-refractivity contribution in [1.82, 2.24) is 9.62 Å².